The third-order valence-corrected chi connectivity index (χ3v) is 3.80. The lowest BCUT2D eigenvalue weighted by Crippen LogP contribution is -2.47. The molecule has 0 bridgehead atoms. The average Bonchev–Trinajstić information content (AvgIpc) is 2.58. The van der Waals surface area contributed by atoms with Crippen LogP contribution in [0, 0.1) is 0 Å². The van der Waals surface area contributed by atoms with Gasteiger partial charge in [0.2, 0.25) is 0 Å². The zero-order valence-electron chi connectivity index (χ0n) is 14.1. The van der Waals surface area contributed by atoms with Crippen LogP contribution in [0.4, 0.5) is 0 Å². The summed E-state index contributed by atoms with van der Waals surface area (Å²) >= 11 is 0. The number of aryl methyl sites for hydroxylation is 1. The van der Waals surface area contributed by atoms with E-state index in [0.717, 1.165) is 37.7 Å². The minimum Gasteiger partial charge on any atom is -0.508 e. The van der Waals surface area contributed by atoms with Crippen molar-refractivity contribution in [1.82, 2.24) is 10.6 Å². The Kier molecular flexibility index (Phi) is 9.85. The Hall–Kier alpha value is -1.22. The van der Waals surface area contributed by atoms with E-state index in [1.807, 2.05) is 6.07 Å². The van der Waals surface area contributed by atoms with Crippen molar-refractivity contribution in [2.45, 2.75) is 57.6 Å². The van der Waals surface area contributed by atoms with Crippen LogP contribution >= 0.6 is 0 Å². The van der Waals surface area contributed by atoms with Gasteiger partial charge in [0.05, 0.1) is 19.4 Å². The fraction of sp³-hybridized carbons (Fsp3) is 0.647. The maximum atomic E-state index is 9.80. The summed E-state index contributed by atoms with van der Waals surface area (Å²) in [5.74, 6) is 0.0629. The van der Waals surface area contributed by atoms with Crippen molar-refractivity contribution in [3.05, 3.63) is 29.3 Å². The number of unbranched alkanes of at least 4 members (excludes halogenated alkanes) is 3. The molecule has 7 nitrogen and oxygen atoms in total. The van der Waals surface area contributed by atoms with E-state index in [1.165, 1.54) is 0 Å². The van der Waals surface area contributed by atoms with Gasteiger partial charge in [0.1, 0.15) is 18.2 Å². The molecule has 0 aliphatic heterocycles. The fourth-order valence-corrected chi connectivity index (χ4v) is 2.54. The number of phenols is 1. The van der Waals surface area contributed by atoms with Gasteiger partial charge in [0, 0.05) is 0 Å². The van der Waals surface area contributed by atoms with Gasteiger partial charge in [-0.1, -0.05) is 32.3 Å². The standard InChI is InChI=1S/C17H30N2O5/c1-2-3-4-5-6-12-7-8-13(22)9-14(12)17(18-15(23)10-20)19-16(24)11-21/h7-9,15-24H,2-6,10-11H2,1H3. The fourth-order valence-electron chi connectivity index (χ4n) is 2.54. The van der Waals surface area contributed by atoms with Crippen molar-refractivity contribution in [2.24, 2.45) is 0 Å². The van der Waals surface area contributed by atoms with Crippen molar-refractivity contribution in [1.29, 1.82) is 0 Å². The third-order valence-electron chi connectivity index (χ3n) is 3.80. The van der Waals surface area contributed by atoms with E-state index < -0.39 is 31.8 Å². The van der Waals surface area contributed by atoms with Crippen molar-refractivity contribution in [3.63, 3.8) is 0 Å². The van der Waals surface area contributed by atoms with Crippen LogP contribution in [0.3, 0.4) is 0 Å². The van der Waals surface area contributed by atoms with E-state index in [-0.39, 0.29) is 5.75 Å². The number of aliphatic hydroxyl groups is 4. The lowest BCUT2D eigenvalue weighted by atomic mass is 9.98. The highest BCUT2D eigenvalue weighted by Crippen LogP contribution is 2.24. The van der Waals surface area contributed by atoms with Gasteiger partial charge in [-0.15, -0.1) is 0 Å². The van der Waals surface area contributed by atoms with Gasteiger partial charge in [-0.05, 0) is 36.1 Å². The largest absolute Gasteiger partial charge is 0.508 e. The van der Waals surface area contributed by atoms with Crippen LogP contribution in [0.25, 0.3) is 0 Å². The molecule has 0 spiro atoms. The van der Waals surface area contributed by atoms with Crippen LogP contribution in [0.2, 0.25) is 0 Å². The summed E-state index contributed by atoms with van der Waals surface area (Å²) < 4.78 is 0. The lowest BCUT2D eigenvalue weighted by Gasteiger charge is -2.27. The SMILES string of the molecule is CCCCCCc1ccc(O)cc1C(NC(O)CO)NC(O)CO. The normalized spacial score (nSPS) is 15.2. The molecule has 0 aromatic heterocycles. The van der Waals surface area contributed by atoms with E-state index in [2.05, 4.69) is 17.6 Å². The van der Waals surface area contributed by atoms with Gasteiger partial charge < -0.3 is 25.5 Å². The first kappa shape index (κ1) is 20.8. The minimum absolute atomic E-state index is 0.0629. The number of benzene rings is 1. The molecular weight excluding hydrogens is 312 g/mol. The second-order valence-electron chi connectivity index (χ2n) is 5.86. The van der Waals surface area contributed by atoms with Gasteiger partial charge in [-0.3, -0.25) is 10.6 Å². The molecule has 0 aliphatic carbocycles. The Morgan fingerprint density at radius 1 is 0.958 bits per heavy atom. The molecule has 0 aliphatic rings. The molecule has 0 radical (unpaired) electrons. The number of aromatic hydroxyl groups is 1. The monoisotopic (exact) mass is 342 g/mol. The van der Waals surface area contributed by atoms with Crippen molar-refractivity contribution >= 4 is 0 Å². The van der Waals surface area contributed by atoms with Gasteiger partial charge in [-0.2, -0.15) is 0 Å². The van der Waals surface area contributed by atoms with Crippen LogP contribution < -0.4 is 10.6 Å². The number of aliphatic hydroxyl groups excluding tert-OH is 4. The topological polar surface area (TPSA) is 125 Å². The van der Waals surface area contributed by atoms with Gasteiger partial charge in [-0.25, -0.2) is 0 Å². The minimum atomic E-state index is -1.20. The average molecular weight is 342 g/mol. The molecule has 138 valence electrons. The van der Waals surface area contributed by atoms with E-state index >= 15 is 0 Å². The zero-order chi connectivity index (χ0) is 17.9. The molecule has 0 heterocycles. The van der Waals surface area contributed by atoms with Crippen LogP contribution in [0.1, 0.15) is 49.9 Å². The Morgan fingerprint density at radius 2 is 1.58 bits per heavy atom. The van der Waals surface area contributed by atoms with Crippen molar-refractivity contribution in [2.75, 3.05) is 13.2 Å². The maximum absolute atomic E-state index is 9.80. The molecule has 0 saturated carbocycles. The number of hydrogen-bond acceptors (Lipinski definition) is 7. The molecule has 2 atom stereocenters. The summed E-state index contributed by atoms with van der Waals surface area (Å²) in [6, 6.07) is 4.96. The summed E-state index contributed by atoms with van der Waals surface area (Å²) in [6.45, 7) is 1.14. The summed E-state index contributed by atoms with van der Waals surface area (Å²) in [5, 5.41) is 52.7. The molecule has 24 heavy (non-hydrogen) atoms. The quantitative estimate of drug-likeness (QED) is 0.215. The van der Waals surface area contributed by atoms with E-state index in [4.69, 9.17) is 10.2 Å². The second-order valence-corrected chi connectivity index (χ2v) is 5.86. The Labute approximate surface area is 143 Å². The number of hydrogen-bond donors (Lipinski definition) is 7. The lowest BCUT2D eigenvalue weighted by molar-refractivity contribution is 0.0208. The molecule has 0 fully saturated rings. The molecule has 1 rings (SSSR count). The van der Waals surface area contributed by atoms with Crippen LogP contribution in [-0.4, -0.2) is 51.2 Å². The summed E-state index contributed by atoms with van der Waals surface area (Å²) in [7, 11) is 0. The Bertz CT molecular complexity index is 460. The number of rotatable bonds is 12. The molecule has 7 N–H and O–H groups in total. The molecule has 0 saturated heterocycles. The van der Waals surface area contributed by atoms with Crippen LogP contribution in [0.15, 0.2) is 18.2 Å². The maximum Gasteiger partial charge on any atom is 0.129 e. The van der Waals surface area contributed by atoms with Crippen LogP contribution in [0.5, 0.6) is 5.75 Å². The summed E-state index contributed by atoms with van der Waals surface area (Å²) in [6.07, 6.45) is 2.03. The van der Waals surface area contributed by atoms with Gasteiger partial charge in [0.25, 0.3) is 0 Å². The number of phenolic OH excluding ortho intramolecular Hbond substituents is 1. The number of nitrogens with one attached hydrogen (secondary N) is 2. The molecule has 2 unspecified atom stereocenters. The highest BCUT2D eigenvalue weighted by molar-refractivity contribution is 5.37. The molecule has 1 aromatic carbocycles. The van der Waals surface area contributed by atoms with Crippen LogP contribution in [-0.2, 0) is 6.42 Å². The molecule has 1 aromatic rings. The molecule has 7 heteroatoms. The van der Waals surface area contributed by atoms with Crippen molar-refractivity contribution in [3.8, 4) is 5.75 Å². The van der Waals surface area contributed by atoms with E-state index in [0.29, 0.717) is 5.56 Å². The molecular formula is C17H30N2O5. The Morgan fingerprint density at radius 3 is 2.12 bits per heavy atom. The second kappa shape index (κ2) is 11.4. The predicted octanol–water partition coefficient (Wildman–Crippen LogP) is 0.314. The van der Waals surface area contributed by atoms with Gasteiger partial charge in [0.15, 0.2) is 0 Å². The smallest absolute Gasteiger partial charge is 0.129 e. The first-order valence-electron chi connectivity index (χ1n) is 8.43. The van der Waals surface area contributed by atoms with Crippen molar-refractivity contribution < 1.29 is 25.5 Å². The predicted molar refractivity (Wildman–Crippen MR) is 91.2 cm³/mol. The van der Waals surface area contributed by atoms with E-state index in [1.54, 1.807) is 12.1 Å². The third kappa shape index (κ3) is 7.12. The summed E-state index contributed by atoms with van der Waals surface area (Å²) in [5.41, 5.74) is 1.62. The van der Waals surface area contributed by atoms with Gasteiger partial charge >= 0.3 is 0 Å². The summed E-state index contributed by atoms with van der Waals surface area (Å²) in [4.78, 5) is 0. The van der Waals surface area contributed by atoms with E-state index in [9.17, 15) is 15.3 Å². The Balaban J connectivity index is 2.97. The molecule has 0 amide bonds. The first-order chi connectivity index (χ1) is 11.5. The zero-order valence-corrected chi connectivity index (χ0v) is 14.1. The highest BCUT2D eigenvalue weighted by Gasteiger charge is 2.20. The first-order valence-corrected chi connectivity index (χ1v) is 8.43. The highest BCUT2D eigenvalue weighted by atomic mass is 16.3.